The predicted octanol–water partition coefficient (Wildman–Crippen LogP) is 12.5. The van der Waals surface area contributed by atoms with Crippen LogP contribution in [0.3, 0.4) is 0 Å². The van der Waals surface area contributed by atoms with Crippen LogP contribution >= 0.6 is 47.5 Å². The summed E-state index contributed by atoms with van der Waals surface area (Å²) in [4.78, 5) is 216. The lowest BCUT2D eigenvalue weighted by molar-refractivity contribution is -0.870. The van der Waals surface area contributed by atoms with Crippen molar-refractivity contribution in [2.75, 3.05) is 135 Å². The molecule has 0 saturated heterocycles. The number of phosphoric acid groups is 2. The van der Waals surface area contributed by atoms with Crippen molar-refractivity contribution in [1.29, 1.82) is 0 Å². The van der Waals surface area contributed by atoms with E-state index in [1.54, 1.807) is 115 Å². The Hall–Kier alpha value is -12.0. The molecule has 38 nitrogen and oxygen atoms in total. The van der Waals surface area contributed by atoms with Crippen molar-refractivity contribution < 1.29 is 175 Å². The second kappa shape index (κ2) is 44.2. The summed E-state index contributed by atoms with van der Waals surface area (Å²) in [5.41, 5.74) is -14.1. The number of rotatable bonds is 48. The number of phenols is 1. The van der Waals surface area contributed by atoms with Gasteiger partial charge in [0, 0.05) is 63.7 Å². The number of phenolic OH excluding ortho intramolecular Hbond substituents is 1. The number of benzene rings is 6. The Morgan fingerprint density at radius 3 is 1.15 bits per heavy atom. The molecule has 0 fully saturated rings. The number of nitrogens with zero attached hydrogens (tertiary/aromatic N) is 3. The summed E-state index contributed by atoms with van der Waals surface area (Å²) >= 11 is 7.03. The summed E-state index contributed by atoms with van der Waals surface area (Å²) in [5.74, 6) is -8.63. The van der Waals surface area contributed by atoms with Gasteiger partial charge in [0.25, 0.3) is 27.5 Å². The van der Waals surface area contributed by atoms with E-state index in [0.29, 0.717) is 53.7 Å². The fraction of sp³-hybridized carbons (Fsp3) is 0.471. The molecule has 5 aliphatic rings. The number of carbonyl (C=O) groups excluding carboxylic acids is 13. The monoisotopic (exact) mass is 2190 g/mol. The summed E-state index contributed by atoms with van der Waals surface area (Å²) in [6.45, 7) is 8.00. The van der Waals surface area contributed by atoms with Gasteiger partial charge < -0.3 is 104 Å². The van der Waals surface area contributed by atoms with E-state index in [1.165, 1.54) is 112 Å². The second-order valence-electron chi connectivity index (χ2n) is 41.8. The van der Waals surface area contributed by atoms with E-state index in [4.69, 9.17) is 92.5 Å². The fourth-order valence-electron chi connectivity index (χ4n) is 18.7. The number of esters is 11. The van der Waals surface area contributed by atoms with Gasteiger partial charge in [0.1, 0.15) is 114 Å². The van der Waals surface area contributed by atoms with E-state index >= 15 is 19.2 Å². The number of halogens is 2. The molecule has 11 rings (SSSR count). The molecule has 784 valence electrons. The Balaban J connectivity index is 0.872. The zero-order chi connectivity index (χ0) is 108. The Labute approximate surface area is 862 Å². The van der Waals surface area contributed by atoms with Gasteiger partial charge in [-0.2, -0.15) is 0 Å². The third-order valence-electron chi connectivity index (χ3n) is 25.2. The lowest BCUT2D eigenvalue weighted by Crippen LogP contribution is -2.49. The first-order valence-corrected chi connectivity index (χ1v) is 50.9. The van der Waals surface area contributed by atoms with Crippen LogP contribution in [0.4, 0.5) is 0 Å². The van der Waals surface area contributed by atoms with Gasteiger partial charge in [0.2, 0.25) is 0 Å². The lowest BCUT2D eigenvalue weighted by Gasteiger charge is -2.42. The average Bonchev–Trinajstić information content (AvgIpc) is 1.54. The molecule has 0 aromatic heterocycles. The summed E-state index contributed by atoms with van der Waals surface area (Å²) in [7, 11) is 0.607. The summed E-state index contributed by atoms with van der Waals surface area (Å²) in [5, 5.41) is 10.7. The van der Waals surface area contributed by atoms with E-state index < -0.39 is 255 Å². The van der Waals surface area contributed by atoms with Crippen molar-refractivity contribution in [2.24, 2.45) is 37.9 Å². The van der Waals surface area contributed by atoms with Gasteiger partial charge in [-0.25, -0.2) is 9.59 Å². The van der Waals surface area contributed by atoms with Crippen LogP contribution in [0.1, 0.15) is 174 Å². The zero-order valence-corrected chi connectivity index (χ0v) is 89.3. The van der Waals surface area contributed by atoms with Gasteiger partial charge >= 0.3 is 65.7 Å². The van der Waals surface area contributed by atoms with Crippen molar-refractivity contribution in [3.63, 3.8) is 0 Å². The van der Waals surface area contributed by atoms with Crippen LogP contribution in [-0.2, 0) is 134 Å². The van der Waals surface area contributed by atoms with Gasteiger partial charge in [0.05, 0.1) is 106 Å². The van der Waals surface area contributed by atoms with Gasteiger partial charge in [-0.1, -0.05) is 92.2 Å². The molecule has 0 radical (unpaired) electrons. The highest BCUT2D eigenvalue weighted by molar-refractivity contribution is 9.10. The number of alkyl halides is 2. The highest BCUT2D eigenvalue weighted by Crippen LogP contribution is 2.61. The number of likely N-dealkylation sites (N-methyl/N-ethyl adjacent to an activating group) is 2. The SMILES string of the molecule is C#CCOC(=O)C(C)(CC(C)(Br)C(=O)Oc1ccc2c(c1)Oc1cc(C)ccc1C21OC(=O)c2ccccc21)CC(C)(CC(C)(C)C(=O)OCC(C)(COC(=O)C(C)(C)CC(C)(CC(C)(CC(C)(Br)C(=O)Oc1ccc2c(c1)Oc1cc(O)ccc1C21OC(=O)c2ccccc21)C(=O)OCC#C)C(=O)OCCOP(=O)([O-])OCC[N+](C)(C)C)C(=O)OCCN1C(=O)C=CC1=O)C(=O)OCCOP(=O)([O-])OCC[N+](C)(C)C. The van der Waals surface area contributed by atoms with Crippen molar-refractivity contribution >= 4 is 125 Å². The molecular formula is C104H119Br2N3O35P2. The molecule has 11 atom stereocenters. The molecule has 42 heteroatoms. The number of hydrogen-bond donors (Lipinski definition) is 1. The molecule has 5 heterocycles. The third-order valence-corrected chi connectivity index (χ3v) is 28.4. The van der Waals surface area contributed by atoms with Crippen LogP contribution in [-0.4, -0.2) is 240 Å². The molecule has 0 bridgehead atoms. The maximum Gasteiger partial charge on any atom is 0.340 e. The molecule has 0 aliphatic carbocycles. The van der Waals surface area contributed by atoms with Crippen molar-refractivity contribution in [3.05, 3.63) is 184 Å². The number of quaternary nitrogens is 2. The van der Waals surface area contributed by atoms with Crippen molar-refractivity contribution in [2.45, 2.75) is 141 Å². The summed E-state index contributed by atoms with van der Waals surface area (Å²) in [6, 6.07) is 31.9. The Morgan fingerprint density at radius 1 is 0.411 bits per heavy atom. The largest absolute Gasteiger partial charge is 0.756 e. The number of terminal acetylenes is 2. The number of amides is 2. The topological polar surface area (TPSA) is 483 Å². The number of aryl methyl sites for hydroxylation is 1. The van der Waals surface area contributed by atoms with Gasteiger partial charge in [-0.15, -0.1) is 12.8 Å². The lowest BCUT2D eigenvalue weighted by atomic mass is 9.64. The van der Waals surface area contributed by atoms with Crippen LogP contribution in [0.15, 0.2) is 133 Å². The van der Waals surface area contributed by atoms with Crippen LogP contribution in [0.25, 0.3) is 0 Å². The maximum absolute atomic E-state index is 15.4. The number of phosphoric ester groups is 2. The van der Waals surface area contributed by atoms with Crippen LogP contribution in [0.2, 0.25) is 0 Å². The molecule has 0 saturated carbocycles. The molecule has 5 aliphatic heterocycles. The van der Waals surface area contributed by atoms with Crippen molar-refractivity contribution in [1.82, 2.24) is 4.90 Å². The van der Waals surface area contributed by atoms with E-state index in [1.807, 2.05) is 13.0 Å². The fourth-order valence-corrected chi connectivity index (χ4v) is 21.4. The molecule has 2 amide bonds. The van der Waals surface area contributed by atoms with Crippen LogP contribution in [0, 0.1) is 69.5 Å². The number of hydrogen-bond acceptors (Lipinski definition) is 35. The first-order chi connectivity index (χ1) is 67.8. The Kier molecular flexibility index (Phi) is 34.6. The zero-order valence-electron chi connectivity index (χ0n) is 84.3. The van der Waals surface area contributed by atoms with Gasteiger partial charge in [-0.05, 0) is 182 Å². The normalized spacial score (nSPS) is 19.1. The minimum Gasteiger partial charge on any atom is -0.756 e. The summed E-state index contributed by atoms with van der Waals surface area (Å²) in [6.07, 6.45) is 9.15. The van der Waals surface area contributed by atoms with E-state index in [-0.39, 0.29) is 66.4 Å². The van der Waals surface area contributed by atoms with Crippen molar-refractivity contribution in [3.8, 4) is 64.9 Å². The molecule has 1 N–H and O–H groups in total. The minimum absolute atomic E-state index is 0.0312. The number of aromatic hydroxyl groups is 1. The van der Waals surface area contributed by atoms with Crippen LogP contribution < -0.4 is 28.7 Å². The number of imide groups is 1. The molecule has 2 spiro atoms. The smallest absolute Gasteiger partial charge is 0.340 e. The molecule has 6 aromatic rings. The van der Waals surface area contributed by atoms with Crippen LogP contribution in [0.5, 0.6) is 40.2 Å². The predicted molar refractivity (Wildman–Crippen MR) is 523 cm³/mol. The minimum atomic E-state index is -5.06. The van der Waals surface area contributed by atoms with E-state index in [9.17, 15) is 67.2 Å². The third kappa shape index (κ3) is 26.4. The Bertz CT molecular complexity index is 6000. The first-order valence-electron chi connectivity index (χ1n) is 46.4. The summed E-state index contributed by atoms with van der Waals surface area (Å²) < 4.78 is 121. The molecule has 6 aromatic carbocycles. The highest BCUT2D eigenvalue weighted by Gasteiger charge is 2.60. The number of carbonyl (C=O) groups is 13. The van der Waals surface area contributed by atoms with E-state index in [2.05, 4.69) is 43.7 Å². The number of ether oxygens (including phenoxy) is 13. The Morgan fingerprint density at radius 2 is 0.753 bits per heavy atom. The molecule has 11 unspecified atom stereocenters. The second-order valence-corrected chi connectivity index (χ2v) is 48.1. The number of fused-ring (bicyclic) bond motifs is 12. The quantitative estimate of drug-likeness (QED) is 0.00426. The standard InChI is InChI=1S/C104H119Br2N3O35P2/c1-21-44-128-89(119)98(10,61-101(13,105)92(122)139-67-33-37-75-79(55-67)141-77-53-65(3)31-35-73(77)103(75)71-29-25-23-27-69(71)83(113)143-103)59-96(8,87(117)131-49-51-137-145(124,125)135-47-42-108(15,16)17)57-94(4,5)85(115)133-63-100(12,91(121)130-46-41-107-81(111)39-40-82(107)112)64-134-86(116)95(6,7)58-97(9,88(118)132-50-52-138-146(126,127)136-48-43-109(18,19)20)60-99(11,90(120)129-45-22-2)62-102(14,106)93(123)140-68-34-38-76-80(56-68)142-78-54-66(110)32-36-74(78)104(76)72-30-26-24-28-70(72)84(114)144-104/h1-2,23-40,53-56H,41-52,57-64H2,3-20H3,(H-2,110,124,125,126,127). The first kappa shape index (κ1) is 114. The van der Waals surface area contributed by atoms with E-state index in [0.717, 1.165) is 29.5 Å². The molecular weight excluding hydrogens is 2070 g/mol. The van der Waals surface area contributed by atoms with Gasteiger partial charge in [0.15, 0.2) is 24.4 Å². The average molecular weight is 2190 g/mol. The highest BCUT2D eigenvalue weighted by atomic mass is 79.9. The molecule has 146 heavy (non-hydrogen) atoms. The van der Waals surface area contributed by atoms with Gasteiger partial charge in [-0.3, -0.25) is 66.8 Å². The maximum atomic E-state index is 15.4.